The first-order chi connectivity index (χ1) is 14.9. The Morgan fingerprint density at radius 3 is 2.74 bits per heavy atom. The molecule has 2 aromatic rings. The second-order valence-corrected chi connectivity index (χ2v) is 8.19. The Morgan fingerprint density at radius 1 is 1.13 bits per heavy atom. The summed E-state index contributed by atoms with van der Waals surface area (Å²) >= 11 is 0. The van der Waals surface area contributed by atoms with Crippen molar-refractivity contribution in [1.82, 2.24) is 16.0 Å². The van der Waals surface area contributed by atoms with Gasteiger partial charge in [-0.25, -0.2) is 4.79 Å². The first-order valence-electron chi connectivity index (χ1n) is 10.3. The Morgan fingerprint density at radius 2 is 2.00 bits per heavy atom. The molecule has 8 heteroatoms. The van der Waals surface area contributed by atoms with E-state index in [-0.39, 0.29) is 17.8 Å². The standard InChI is InChI=1S/C23H23N5O3/c1-14-25-21(30)23(27-14)8-7-15-11-16(5-6-17(15)13-23)20(29)26-18-3-2-4-19(12-18)28-10-9-24-22(28)31/h2-6,11-12,27H,1,7-10,13H2,(H,24,31)(H,25,30)(H,26,29). The lowest BCUT2D eigenvalue weighted by Crippen LogP contribution is -2.50. The molecule has 2 aliphatic heterocycles. The third-order valence-corrected chi connectivity index (χ3v) is 6.14. The minimum absolute atomic E-state index is 0.0449. The van der Waals surface area contributed by atoms with Crippen LogP contribution in [-0.2, 0) is 17.6 Å². The quantitative estimate of drug-likeness (QED) is 0.612. The smallest absolute Gasteiger partial charge is 0.321 e. The predicted octanol–water partition coefficient (Wildman–Crippen LogP) is 1.89. The number of carbonyl (C=O) groups is 3. The Hall–Kier alpha value is -3.81. The summed E-state index contributed by atoms with van der Waals surface area (Å²) in [5.41, 5.74) is 3.43. The monoisotopic (exact) mass is 417 g/mol. The Kier molecular flexibility index (Phi) is 4.43. The van der Waals surface area contributed by atoms with Gasteiger partial charge in [0.1, 0.15) is 5.54 Å². The van der Waals surface area contributed by atoms with Crippen LogP contribution in [0.3, 0.4) is 0 Å². The van der Waals surface area contributed by atoms with Gasteiger partial charge in [0.2, 0.25) is 0 Å². The highest BCUT2D eigenvalue weighted by Crippen LogP contribution is 2.33. The van der Waals surface area contributed by atoms with Crippen molar-refractivity contribution in [3.8, 4) is 0 Å². The number of fused-ring (bicyclic) bond motifs is 1. The van der Waals surface area contributed by atoms with Gasteiger partial charge in [-0.1, -0.05) is 18.7 Å². The number of anilines is 2. The van der Waals surface area contributed by atoms with Gasteiger partial charge in [0, 0.05) is 36.4 Å². The van der Waals surface area contributed by atoms with Crippen molar-refractivity contribution in [3.05, 3.63) is 71.6 Å². The second kappa shape index (κ2) is 7.16. The van der Waals surface area contributed by atoms with E-state index in [9.17, 15) is 14.4 Å². The lowest BCUT2D eigenvalue weighted by Gasteiger charge is -2.32. The summed E-state index contributed by atoms with van der Waals surface area (Å²) in [6.45, 7) is 5.01. The molecule has 2 fully saturated rings. The number of nitrogens with one attached hydrogen (secondary N) is 4. The summed E-state index contributed by atoms with van der Waals surface area (Å²) in [6, 6.07) is 12.7. The molecule has 0 radical (unpaired) electrons. The molecule has 0 aromatic heterocycles. The number of hydrogen-bond donors (Lipinski definition) is 4. The molecule has 4 amide bonds. The van der Waals surface area contributed by atoms with E-state index in [0.717, 1.165) is 16.8 Å². The van der Waals surface area contributed by atoms with E-state index >= 15 is 0 Å². The zero-order valence-corrected chi connectivity index (χ0v) is 17.0. The third kappa shape index (κ3) is 3.39. The summed E-state index contributed by atoms with van der Waals surface area (Å²) in [6.07, 6.45) is 1.91. The largest absolute Gasteiger partial charge is 0.358 e. The van der Waals surface area contributed by atoms with Gasteiger partial charge < -0.3 is 21.3 Å². The molecule has 5 rings (SSSR count). The van der Waals surface area contributed by atoms with Crippen LogP contribution in [0.2, 0.25) is 0 Å². The van der Waals surface area contributed by atoms with Gasteiger partial charge in [-0.3, -0.25) is 14.5 Å². The zero-order valence-electron chi connectivity index (χ0n) is 17.0. The van der Waals surface area contributed by atoms with Gasteiger partial charge in [0.15, 0.2) is 0 Å². The van der Waals surface area contributed by atoms with Crippen molar-refractivity contribution in [1.29, 1.82) is 0 Å². The first kappa shape index (κ1) is 19.2. The van der Waals surface area contributed by atoms with E-state index in [2.05, 4.69) is 27.8 Å². The van der Waals surface area contributed by atoms with E-state index < -0.39 is 5.54 Å². The number of amides is 4. The van der Waals surface area contributed by atoms with Crippen LogP contribution < -0.4 is 26.2 Å². The van der Waals surface area contributed by atoms with E-state index in [0.29, 0.717) is 49.4 Å². The van der Waals surface area contributed by atoms with Crippen molar-refractivity contribution < 1.29 is 14.4 Å². The van der Waals surface area contributed by atoms with E-state index in [1.54, 1.807) is 23.1 Å². The normalized spacial score (nSPS) is 22.1. The Bertz CT molecular complexity index is 1130. The van der Waals surface area contributed by atoms with Crippen LogP contribution in [0.1, 0.15) is 27.9 Å². The molecule has 2 saturated heterocycles. The number of hydrogen-bond acceptors (Lipinski definition) is 4. The lowest BCUT2D eigenvalue weighted by molar-refractivity contribution is -0.124. The van der Waals surface area contributed by atoms with Crippen LogP contribution in [0.25, 0.3) is 0 Å². The van der Waals surface area contributed by atoms with Crippen LogP contribution in [0.4, 0.5) is 16.2 Å². The number of aryl methyl sites for hydroxylation is 1. The van der Waals surface area contributed by atoms with Crippen molar-refractivity contribution in [3.63, 3.8) is 0 Å². The van der Waals surface area contributed by atoms with Gasteiger partial charge in [-0.2, -0.15) is 0 Å². The molecular weight excluding hydrogens is 394 g/mol. The number of rotatable bonds is 3. The van der Waals surface area contributed by atoms with Crippen LogP contribution in [-0.4, -0.2) is 36.5 Å². The van der Waals surface area contributed by atoms with Crippen molar-refractivity contribution in [2.24, 2.45) is 0 Å². The van der Waals surface area contributed by atoms with Gasteiger partial charge in [0.25, 0.3) is 11.8 Å². The highest BCUT2D eigenvalue weighted by Gasteiger charge is 2.45. The number of benzene rings is 2. The van der Waals surface area contributed by atoms with Crippen LogP contribution >= 0.6 is 0 Å². The third-order valence-electron chi connectivity index (χ3n) is 6.14. The summed E-state index contributed by atoms with van der Waals surface area (Å²) in [7, 11) is 0. The van der Waals surface area contributed by atoms with Crippen molar-refractivity contribution in [2.45, 2.75) is 24.8 Å². The fraction of sp³-hybridized carbons (Fsp3) is 0.261. The minimum atomic E-state index is -0.643. The van der Waals surface area contributed by atoms with Gasteiger partial charge in [0.05, 0.1) is 5.82 Å². The molecule has 8 nitrogen and oxygen atoms in total. The zero-order chi connectivity index (χ0) is 21.6. The van der Waals surface area contributed by atoms with Crippen LogP contribution in [0.15, 0.2) is 54.9 Å². The van der Waals surface area contributed by atoms with E-state index in [1.807, 2.05) is 24.3 Å². The molecule has 0 bridgehead atoms. The van der Waals surface area contributed by atoms with Crippen LogP contribution in [0.5, 0.6) is 0 Å². The molecular formula is C23H23N5O3. The maximum absolute atomic E-state index is 12.8. The van der Waals surface area contributed by atoms with Crippen molar-refractivity contribution >= 4 is 29.2 Å². The topological polar surface area (TPSA) is 103 Å². The van der Waals surface area contributed by atoms with E-state index in [1.165, 1.54) is 0 Å². The van der Waals surface area contributed by atoms with Crippen molar-refractivity contribution in [2.75, 3.05) is 23.3 Å². The molecule has 158 valence electrons. The Balaban J connectivity index is 1.32. The molecule has 1 spiro atoms. The van der Waals surface area contributed by atoms with Crippen LogP contribution in [0, 0.1) is 0 Å². The molecule has 0 saturated carbocycles. The molecule has 1 atom stereocenters. The van der Waals surface area contributed by atoms with E-state index in [4.69, 9.17) is 0 Å². The summed E-state index contributed by atoms with van der Waals surface area (Å²) in [5.74, 6) is 0.283. The van der Waals surface area contributed by atoms with Gasteiger partial charge in [-0.05, 0) is 54.3 Å². The SMILES string of the molecule is C=C1NC(=O)C2(CCc3cc(C(=O)Nc4cccc(N5CCNC5=O)c4)ccc3C2)N1. The fourth-order valence-electron chi connectivity index (χ4n) is 4.54. The maximum Gasteiger partial charge on any atom is 0.321 e. The predicted molar refractivity (Wildman–Crippen MR) is 117 cm³/mol. The molecule has 2 aromatic carbocycles. The van der Waals surface area contributed by atoms with Gasteiger partial charge >= 0.3 is 6.03 Å². The first-order valence-corrected chi connectivity index (χ1v) is 10.3. The average Bonchev–Trinajstić information content (AvgIpc) is 3.30. The maximum atomic E-state index is 12.8. The molecule has 1 aliphatic carbocycles. The molecule has 4 N–H and O–H groups in total. The summed E-state index contributed by atoms with van der Waals surface area (Å²) in [4.78, 5) is 38.8. The minimum Gasteiger partial charge on any atom is -0.358 e. The lowest BCUT2D eigenvalue weighted by atomic mass is 9.77. The second-order valence-electron chi connectivity index (χ2n) is 8.19. The highest BCUT2D eigenvalue weighted by atomic mass is 16.2. The number of carbonyl (C=O) groups excluding carboxylic acids is 3. The highest BCUT2D eigenvalue weighted by molar-refractivity contribution is 6.05. The van der Waals surface area contributed by atoms with Gasteiger partial charge in [-0.15, -0.1) is 0 Å². The fourth-order valence-corrected chi connectivity index (χ4v) is 4.54. The average molecular weight is 417 g/mol. The molecule has 1 unspecified atom stereocenters. The molecule has 2 heterocycles. The Labute approximate surface area is 179 Å². The number of nitrogens with zero attached hydrogens (tertiary/aromatic N) is 1. The summed E-state index contributed by atoms with van der Waals surface area (Å²) in [5, 5.41) is 11.6. The molecule has 3 aliphatic rings. The number of urea groups is 1. The molecule has 31 heavy (non-hydrogen) atoms. The summed E-state index contributed by atoms with van der Waals surface area (Å²) < 4.78 is 0.